The summed E-state index contributed by atoms with van der Waals surface area (Å²) in [6, 6.07) is 7.53. The number of alkyl carbamates (subject to hydrolysis) is 1. The summed E-state index contributed by atoms with van der Waals surface area (Å²) >= 11 is 0. The fourth-order valence-corrected chi connectivity index (χ4v) is 5.61. The molecule has 1 unspecified atom stereocenters. The van der Waals surface area contributed by atoms with Crippen LogP contribution in [-0.4, -0.2) is 66.0 Å². The first kappa shape index (κ1) is 32.4. The van der Waals surface area contributed by atoms with Crippen molar-refractivity contribution in [2.24, 2.45) is 0 Å². The van der Waals surface area contributed by atoms with Crippen molar-refractivity contribution in [2.75, 3.05) is 23.3 Å². The molecule has 3 N–H and O–H groups in total. The minimum atomic E-state index is -5.05. The molecule has 244 valence electrons. The van der Waals surface area contributed by atoms with Crippen LogP contribution in [0.3, 0.4) is 0 Å². The fourth-order valence-electron chi connectivity index (χ4n) is 5.61. The number of carbonyl (C=O) groups is 2. The van der Waals surface area contributed by atoms with E-state index in [9.17, 15) is 22.8 Å². The highest BCUT2D eigenvalue weighted by Gasteiger charge is 2.43. The Bertz CT molecular complexity index is 1740. The quantitative estimate of drug-likeness (QED) is 0.208. The molecule has 16 heteroatoms. The normalized spacial score (nSPS) is 16.9. The van der Waals surface area contributed by atoms with Gasteiger partial charge in [-0.25, -0.2) is 28.9 Å². The van der Waals surface area contributed by atoms with Gasteiger partial charge >= 0.3 is 18.4 Å². The molecule has 2 amide bonds. The largest absolute Gasteiger partial charge is 0.465 e. The van der Waals surface area contributed by atoms with Crippen LogP contribution in [0.1, 0.15) is 50.4 Å². The molecule has 1 aliphatic rings. The standard InChI is InChI=1S/C30H32F4N8O4/c1-28(2,3)46-27(45)40-29(10-9-18-6-4-5-12-35-18)11-13-41(15-29)21-8-7-20(31)22(30(32,33)34)19(21)14-42-17-38-23-24(39-26(43)44)36-16-37-25(23)42/h4-8,12,16-17H,9-11,13-15H2,1-3H3,(H,40,45)(H,43,44)(H,36,37,39). The summed E-state index contributed by atoms with van der Waals surface area (Å²) in [7, 11) is 0. The van der Waals surface area contributed by atoms with Crippen LogP contribution in [0.25, 0.3) is 11.2 Å². The molecule has 1 atom stereocenters. The Kier molecular flexibility index (Phi) is 8.73. The van der Waals surface area contributed by atoms with Crippen molar-refractivity contribution < 1.29 is 37.0 Å². The number of alkyl halides is 3. The third-order valence-corrected chi connectivity index (χ3v) is 7.52. The molecule has 46 heavy (non-hydrogen) atoms. The van der Waals surface area contributed by atoms with Crippen LogP contribution in [0.5, 0.6) is 0 Å². The number of pyridine rings is 1. The second kappa shape index (κ2) is 12.4. The van der Waals surface area contributed by atoms with E-state index in [0.717, 1.165) is 18.1 Å². The third-order valence-electron chi connectivity index (χ3n) is 7.52. The van der Waals surface area contributed by atoms with E-state index in [1.54, 1.807) is 37.9 Å². The second-order valence-electron chi connectivity index (χ2n) is 12.0. The zero-order valence-corrected chi connectivity index (χ0v) is 25.2. The number of carbonyl (C=O) groups excluding carboxylic acids is 1. The number of aryl methyl sites for hydroxylation is 1. The summed E-state index contributed by atoms with van der Waals surface area (Å²) in [5.41, 5.74) is -2.58. The Morgan fingerprint density at radius 2 is 1.87 bits per heavy atom. The summed E-state index contributed by atoms with van der Waals surface area (Å²) in [5, 5.41) is 14.2. The first-order valence-electron chi connectivity index (χ1n) is 14.3. The Morgan fingerprint density at radius 3 is 2.54 bits per heavy atom. The zero-order chi connectivity index (χ0) is 33.3. The maximum absolute atomic E-state index is 15.0. The molecule has 1 fully saturated rings. The number of aromatic nitrogens is 5. The van der Waals surface area contributed by atoms with Crippen LogP contribution >= 0.6 is 0 Å². The van der Waals surface area contributed by atoms with Crippen LogP contribution in [0.2, 0.25) is 0 Å². The van der Waals surface area contributed by atoms with Gasteiger partial charge in [0.1, 0.15) is 17.7 Å². The number of imidazole rings is 1. The smallest absolute Gasteiger partial charge is 0.419 e. The lowest BCUT2D eigenvalue weighted by atomic mass is 9.91. The number of hydrogen-bond donors (Lipinski definition) is 3. The van der Waals surface area contributed by atoms with Gasteiger partial charge in [0.05, 0.1) is 24.0 Å². The number of amides is 2. The van der Waals surface area contributed by atoms with Gasteiger partial charge in [-0.3, -0.25) is 10.3 Å². The van der Waals surface area contributed by atoms with Gasteiger partial charge in [0, 0.05) is 36.2 Å². The number of carboxylic acid groups (broad SMARTS) is 1. The van der Waals surface area contributed by atoms with Crippen molar-refractivity contribution in [3.05, 3.63) is 71.8 Å². The first-order valence-corrected chi connectivity index (χ1v) is 14.3. The maximum Gasteiger partial charge on any atom is 0.419 e. The van der Waals surface area contributed by atoms with E-state index in [4.69, 9.17) is 9.84 Å². The Balaban J connectivity index is 1.53. The predicted octanol–water partition coefficient (Wildman–Crippen LogP) is 5.62. The average molecular weight is 645 g/mol. The van der Waals surface area contributed by atoms with Crippen molar-refractivity contribution in [1.29, 1.82) is 0 Å². The molecular weight excluding hydrogens is 612 g/mol. The Labute approximate surface area is 260 Å². The van der Waals surface area contributed by atoms with Crippen molar-refractivity contribution in [1.82, 2.24) is 29.8 Å². The van der Waals surface area contributed by atoms with Gasteiger partial charge in [0.2, 0.25) is 0 Å². The molecule has 3 aromatic heterocycles. The van der Waals surface area contributed by atoms with E-state index in [0.29, 0.717) is 19.3 Å². The van der Waals surface area contributed by atoms with Crippen LogP contribution in [0.15, 0.2) is 49.2 Å². The third kappa shape index (κ3) is 7.26. The van der Waals surface area contributed by atoms with E-state index in [1.807, 2.05) is 12.1 Å². The number of nitrogens with one attached hydrogen (secondary N) is 2. The number of hydrogen-bond acceptors (Lipinski definition) is 8. The van der Waals surface area contributed by atoms with Crippen LogP contribution in [-0.2, 0) is 23.9 Å². The minimum Gasteiger partial charge on any atom is -0.465 e. The van der Waals surface area contributed by atoms with Crippen molar-refractivity contribution in [2.45, 2.75) is 63.9 Å². The number of nitrogens with zero attached hydrogens (tertiary/aromatic N) is 6. The molecule has 1 aromatic carbocycles. The summed E-state index contributed by atoms with van der Waals surface area (Å²) in [4.78, 5) is 42.2. The lowest BCUT2D eigenvalue weighted by Crippen LogP contribution is -2.52. The molecular formula is C30H32F4N8O4. The van der Waals surface area contributed by atoms with Gasteiger partial charge in [0.25, 0.3) is 0 Å². The van der Waals surface area contributed by atoms with E-state index in [-0.39, 0.29) is 41.3 Å². The molecule has 1 aliphatic heterocycles. The molecule has 5 rings (SSSR count). The van der Waals surface area contributed by atoms with Gasteiger partial charge in [-0.05, 0) is 64.3 Å². The molecule has 12 nitrogen and oxygen atoms in total. The number of anilines is 2. The van der Waals surface area contributed by atoms with Crippen molar-refractivity contribution in [3.63, 3.8) is 0 Å². The lowest BCUT2D eigenvalue weighted by molar-refractivity contribution is -0.140. The maximum atomic E-state index is 15.0. The molecule has 0 spiro atoms. The van der Waals surface area contributed by atoms with Gasteiger partial charge in [-0.2, -0.15) is 13.2 Å². The number of benzene rings is 1. The molecule has 0 bridgehead atoms. The van der Waals surface area contributed by atoms with E-state index in [1.165, 1.54) is 17.0 Å². The molecule has 4 aromatic rings. The number of halogens is 4. The number of rotatable bonds is 8. The summed E-state index contributed by atoms with van der Waals surface area (Å²) < 4.78 is 65.1. The van der Waals surface area contributed by atoms with Crippen molar-refractivity contribution in [3.8, 4) is 0 Å². The minimum absolute atomic E-state index is 0.00711. The van der Waals surface area contributed by atoms with Gasteiger partial charge in [0.15, 0.2) is 17.0 Å². The monoisotopic (exact) mass is 644 g/mol. The summed E-state index contributed by atoms with van der Waals surface area (Å²) in [6.45, 7) is 5.02. The first-order chi connectivity index (χ1) is 21.6. The summed E-state index contributed by atoms with van der Waals surface area (Å²) in [5.74, 6) is -1.61. The highest BCUT2D eigenvalue weighted by atomic mass is 19.4. The SMILES string of the molecule is CC(C)(C)OC(=O)NC1(CCc2ccccn2)CCN(c2ccc(F)c(C(F)(F)F)c2Cn2cnc3c(NC(=O)O)ncnc32)C1. The van der Waals surface area contributed by atoms with Gasteiger partial charge in [-0.15, -0.1) is 0 Å². The zero-order valence-electron chi connectivity index (χ0n) is 25.2. The Morgan fingerprint density at radius 1 is 1.09 bits per heavy atom. The average Bonchev–Trinajstić information content (AvgIpc) is 3.56. The van der Waals surface area contributed by atoms with E-state index < -0.39 is 47.4 Å². The highest BCUT2D eigenvalue weighted by Crippen LogP contribution is 2.41. The second-order valence-corrected chi connectivity index (χ2v) is 12.0. The topological polar surface area (TPSA) is 147 Å². The van der Waals surface area contributed by atoms with Crippen LogP contribution in [0, 0.1) is 5.82 Å². The van der Waals surface area contributed by atoms with E-state index in [2.05, 4.69) is 30.6 Å². The molecule has 0 radical (unpaired) electrons. The fraction of sp³-hybridized carbons (Fsp3) is 0.400. The highest BCUT2D eigenvalue weighted by molar-refractivity contribution is 5.92. The summed E-state index contributed by atoms with van der Waals surface area (Å²) in [6.07, 6.45) is -2.01. The van der Waals surface area contributed by atoms with Crippen molar-refractivity contribution >= 4 is 34.9 Å². The molecule has 0 saturated carbocycles. The van der Waals surface area contributed by atoms with E-state index >= 15 is 4.39 Å². The number of ether oxygens (including phenoxy) is 1. The molecule has 4 heterocycles. The molecule has 0 aliphatic carbocycles. The van der Waals surface area contributed by atoms with Crippen LogP contribution < -0.4 is 15.5 Å². The Hall–Kier alpha value is -5.02. The van der Waals surface area contributed by atoms with Gasteiger partial charge in [-0.1, -0.05) is 6.07 Å². The van der Waals surface area contributed by atoms with Gasteiger partial charge < -0.3 is 24.6 Å². The van der Waals surface area contributed by atoms with Crippen LogP contribution in [0.4, 0.5) is 38.7 Å². The predicted molar refractivity (Wildman–Crippen MR) is 159 cm³/mol. The lowest BCUT2D eigenvalue weighted by Gasteiger charge is -2.33. The number of fused-ring (bicyclic) bond motifs is 1. The molecule has 1 saturated heterocycles.